The summed E-state index contributed by atoms with van der Waals surface area (Å²) in [4.78, 5) is 0. The molecule has 0 saturated carbocycles. The van der Waals surface area contributed by atoms with Gasteiger partial charge in [0.05, 0.1) is 17.6 Å². The normalized spacial score (nSPS) is 22.1. The molecule has 3 rings (SSSR count). The molecule has 0 spiro atoms. The van der Waals surface area contributed by atoms with Gasteiger partial charge in [-0.05, 0) is 30.5 Å². The van der Waals surface area contributed by atoms with E-state index in [1.54, 1.807) is 12.1 Å². The van der Waals surface area contributed by atoms with Crippen LogP contribution in [0.3, 0.4) is 0 Å². The van der Waals surface area contributed by atoms with Crippen LogP contribution in [0.15, 0.2) is 18.2 Å². The molecule has 2 aliphatic rings. The Bertz CT molecular complexity index is 602. The molecular weight excluding hydrogens is 294 g/mol. The molecule has 1 aromatic rings. The van der Waals surface area contributed by atoms with Gasteiger partial charge in [-0.15, -0.1) is 0 Å². The molecule has 1 unspecified atom stereocenters. The van der Waals surface area contributed by atoms with E-state index in [2.05, 4.69) is 5.32 Å². The van der Waals surface area contributed by atoms with Crippen molar-refractivity contribution in [1.82, 2.24) is 5.32 Å². The number of rotatable bonds is 4. The van der Waals surface area contributed by atoms with Crippen molar-refractivity contribution in [3.05, 3.63) is 23.8 Å². The minimum absolute atomic E-state index is 0.150. The molecule has 21 heavy (non-hydrogen) atoms. The van der Waals surface area contributed by atoms with E-state index in [-0.39, 0.29) is 24.3 Å². The van der Waals surface area contributed by atoms with Crippen molar-refractivity contribution in [3.8, 4) is 11.5 Å². The van der Waals surface area contributed by atoms with Crippen LogP contribution in [-0.2, 0) is 9.84 Å². The maximum Gasteiger partial charge on any atom is 0.231 e. The van der Waals surface area contributed by atoms with Crippen molar-refractivity contribution in [2.45, 2.75) is 25.0 Å². The molecule has 1 fully saturated rings. The fourth-order valence-electron chi connectivity index (χ4n) is 2.61. The van der Waals surface area contributed by atoms with Crippen molar-refractivity contribution >= 4 is 9.84 Å². The number of ether oxygens (including phenoxy) is 2. The number of fused-ring (bicyclic) bond motifs is 1. The molecule has 1 aromatic carbocycles. The number of hydrogen-bond acceptors (Lipinski definition) is 6. The van der Waals surface area contributed by atoms with Gasteiger partial charge in [-0.3, -0.25) is 0 Å². The van der Waals surface area contributed by atoms with E-state index in [1.807, 2.05) is 6.07 Å². The average Bonchev–Trinajstić information content (AvgIpc) is 2.93. The van der Waals surface area contributed by atoms with Crippen LogP contribution in [0.5, 0.6) is 11.5 Å². The first-order valence-corrected chi connectivity index (χ1v) is 8.87. The number of aliphatic hydroxyl groups is 1. The van der Waals surface area contributed by atoms with Crippen LogP contribution in [0.4, 0.5) is 0 Å². The van der Waals surface area contributed by atoms with Gasteiger partial charge >= 0.3 is 0 Å². The Morgan fingerprint density at radius 2 is 1.95 bits per heavy atom. The zero-order valence-electron chi connectivity index (χ0n) is 11.6. The lowest BCUT2D eigenvalue weighted by Gasteiger charge is -2.24. The lowest BCUT2D eigenvalue weighted by atomic mass is 10.1. The minimum Gasteiger partial charge on any atom is -0.454 e. The standard InChI is InChI=1S/C14H19NO5S/c16-12(8-15-11-3-5-21(17,18)6-4-11)10-1-2-13-14(7-10)20-9-19-13/h1-2,7,11-12,15-16H,3-6,8-9H2. The summed E-state index contributed by atoms with van der Waals surface area (Å²) in [6, 6.07) is 5.52. The summed E-state index contributed by atoms with van der Waals surface area (Å²) in [6.07, 6.45) is 0.560. The molecule has 1 saturated heterocycles. The number of hydrogen-bond donors (Lipinski definition) is 2. The third-order valence-electron chi connectivity index (χ3n) is 3.94. The molecule has 2 heterocycles. The molecule has 2 aliphatic heterocycles. The van der Waals surface area contributed by atoms with E-state index in [9.17, 15) is 13.5 Å². The molecule has 0 amide bonds. The summed E-state index contributed by atoms with van der Waals surface area (Å²) >= 11 is 0. The molecule has 0 aromatic heterocycles. The van der Waals surface area contributed by atoms with Crippen LogP contribution in [0, 0.1) is 0 Å². The Kier molecular flexibility index (Phi) is 4.05. The summed E-state index contributed by atoms with van der Waals surface area (Å²) < 4.78 is 33.2. The summed E-state index contributed by atoms with van der Waals surface area (Å²) in [5, 5.41) is 13.4. The Labute approximate surface area is 124 Å². The van der Waals surface area contributed by atoms with Gasteiger partial charge in [0.25, 0.3) is 0 Å². The molecule has 2 N–H and O–H groups in total. The Morgan fingerprint density at radius 1 is 1.24 bits per heavy atom. The van der Waals surface area contributed by atoms with E-state index in [1.165, 1.54) is 0 Å². The highest BCUT2D eigenvalue weighted by molar-refractivity contribution is 7.91. The molecule has 1 atom stereocenters. The van der Waals surface area contributed by atoms with E-state index in [0.29, 0.717) is 30.9 Å². The predicted molar refractivity (Wildman–Crippen MR) is 77.2 cm³/mol. The number of benzene rings is 1. The van der Waals surface area contributed by atoms with Gasteiger partial charge in [-0.2, -0.15) is 0 Å². The maximum absolute atomic E-state index is 11.4. The van der Waals surface area contributed by atoms with Crippen molar-refractivity contribution in [3.63, 3.8) is 0 Å². The second-order valence-corrected chi connectivity index (χ2v) is 7.77. The van der Waals surface area contributed by atoms with Crippen molar-refractivity contribution < 1.29 is 23.0 Å². The molecule has 0 bridgehead atoms. The van der Waals surface area contributed by atoms with Crippen molar-refractivity contribution in [1.29, 1.82) is 0 Å². The van der Waals surface area contributed by atoms with Gasteiger partial charge in [-0.1, -0.05) is 6.07 Å². The summed E-state index contributed by atoms with van der Waals surface area (Å²) in [6.45, 7) is 0.605. The summed E-state index contributed by atoms with van der Waals surface area (Å²) in [5.41, 5.74) is 0.759. The van der Waals surface area contributed by atoms with Crippen molar-refractivity contribution in [2.24, 2.45) is 0 Å². The number of aliphatic hydroxyl groups excluding tert-OH is 1. The second-order valence-electron chi connectivity index (χ2n) is 5.46. The average molecular weight is 313 g/mol. The van der Waals surface area contributed by atoms with Crippen LogP contribution < -0.4 is 14.8 Å². The molecule has 0 radical (unpaired) electrons. The van der Waals surface area contributed by atoms with Crippen LogP contribution in [0.25, 0.3) is 0 Å². The smallest absolute Gasteiger partial charge is 0.231 e. The second kappa shape index (κ2) is 5.82. The van der Waals surface area contributed by atoms with E-state index in [0.717, 1.165) is 5.56 Å². The fourth-order valence-corrected chi connectivity index (χ4v) is 4.10. The van der Waals surface area contributed by atoms with Gasteiger partial charge in [0.15, 0.2) is 11.5 Å². The highest BCUT2D eigenvalue weighted by atomic mass is 32.2. The fraction of sp³-hybridized carbons (Fsp3) is 0.571. The van der Waals surface area contributed by atoms with Gasteiger partial charge in [-0.25, -0.2) is 8.42 Å². The quantitative estimate of drug-likeness (QED) is 0.847. The third kappa shape index (κ3) is 3.48. The lowest BCUT2D eigenvalue weighted by Crippen LogP contribution is -2.39. The van der Waals surface area contributed by atoms with Crippen LogP contribution in [0.1, 0.15) is 24.5 Å². The molecule has 6 nitrogen and oxygen atoms in total. The van der Waals surface area contributed by atoms with Gasteiger partial charge < -0.3 is 19.9 Å². The highest BCUT2D eigenvalue weighted by Gasteiger charge is 2.24. The zero-order chi connectivity index (χ0) is 14.9. The Hall–Kier alpha value is -1.31. The summed E-state index contributed by atoms with van der Waals surface area (Å²) in [7, 11) is -2.85. The van der Waals surface area contributed by atoms with Gasteiger partial charge in [0.1, 0.15) is 9.84 Å². The van der Waals surface area contributed by atoms with Gasteiger partial charge in [0, 0.05) is 12.6 Å². The van der Waals surface area contributed by atoms with Crippen molar-refractivity contribution in [2.75, 3.05) is 24.8 Å². The third-order valence-corrected chi connectivity index (χ3v) is 5.65. The number of sulfone groups is 1. The first-order valence-electron chi connectivity index (χ1n) is 7.05. The molecule has 116 valence electrons. The minimum atomic E-state index is -2.85. The monoisotopic (exact) mass is 313 g/mol. The van der Waals surface area contributed by atoms with Crippen LogP contribution in [-0.4, -0.2) is 44.4 Å². The lowest BCUT2D eigenvalue weighted by molar-refractivity contribution is 0.166. The first kappa shape index (κ1) is 14.6. The van der Waals surface area contributed by atoms with Gasteiger partial charge in [0.2, 0.25) is 6.79 Å². The molecule has 0 aliphatic carbocycles. The SMILES string of the molecule is O=S1(=O)CCC(NCC(O)c2ccc3c(c2)OCO3)CC1. The summed E-state index contributed by atoms with van der Waals surface area (Å²) in [5.74, 6) is 1.79. The first-order chi connectivity index (χ1) is 10.0. The topological polar surface area (TPSA) is 84.9 Å². The zero-order valence-corrected chi connectivity index (χ0v) is 12.4. The molecule has 7 heteroatoms. The highest BCUT2D eigenvalue weighted by Crippen LogP contribution is 2.34. The predicted octanol–water partition coefficient (Wildman–Crippen LogP) is 0.615. The Balaban J connectivity index is 1.54. The largest absolute Gasteiger partial charge is 0.454 e. The van der Waals surface area contributed by atoms with E-state index < -0.39 is 15.9 Å². The van der Waals surface area contributed by atoms with Crippen LogP contribution in [0.2, 0.25) is 0 Å². The van der Waals surface area contributed by atoms with E-state index in [4.69, 9.17) is 9.47 Å². The number of nitrogens with one attached hydrogen (secondary N) is 1. The van der Waals surface area contributed by atoms with E-state index >= 15 is 0 Å². The van der Waals surface area contributed by atoms with Crippen LogP contribution >= 0.6 is 0 Å². The maximum atomic E-state index is 11.4. The Morgan fingerprint density at radius 3 is 2.71 bits per heavy atom. The molecular formula is C14H19NO5S.